The fraction of sp³-hybridized carbons (Fsp3) is 0.0769. The lowest BCUT2D eigenvalue weighted by molar-refractivity contribution is 1.39. The van der Waals surface area contributed by atoms with Gasteiger partial charge in [0, 0.05) is 16.6 Å². The molecule has 0 aliphatic carbocycles. The summed E-state index contributed by atoms with van der Waals surface area (Å²) < 4.78 is 0. The number of thiophene rings is 1. The van der Waals surface area contributed by atoms with Crippen molar-refractivity contribution in [1.29, 1.82) is 0 Å². The van der Waals surface area contributed by atoms with Crippen molar-refractivity contribution >= 4 is 17.0 Å². The standard InChI is InChI=1S/C13H11NS/c1-2-5-12(6-3-1)7-4-9-14-13-8-10-15-11-13/h1-3,5-6,8,10-11,14H,9H2. The van der Waals surface area contributed by atoms with Gasteiger partial charge in [0.2, 0.25) is 0 Å². The fourth-order valence-corrected chi connectivity index (χ4v) is 1.79. The molecule has 2 heteroatoms. The second kappa shape index (κ2) is 5.23. The number of anilines is 1. The van der Waals surface area contributed by atoms with E-state index >= 15 is 0 Å². The zero-order valence-electron chi connectivity index (χ0n) is 8.23. The molecule has 0 aliphatic heterocycles. The Bertz CT molecular complexity index is 448. The largest absolute Gasteiger partial charge is 0.373 e. The van der Waals surface area contributed by atoms with Gasteiger partial charge in [0.15, 0.2) is 0 Å². The zero-order valence-corrected chi connectivity index (χ0v) is 9.05. The third-order valence-electron chi connectivity index (χ3n) is 1.91. The Balaban J connectivity index is 1.86. The van der Waals surface area contributed by atoms with Crippen molar-refractivity contribution in [3.8, 4) is 11.8 Å². The number of hydrogen-bond donors (Lipinski definition) is 1. The van der Waals surface area contributed by atoms with Gasteiger partial charge in [0.1, 0.15) is 0 Å². The van der Waals surface area contributed by atoms with Crippen LogP contribution in [0.1, 0.15) is 5.56 Å². The molecule has 0 atom stereocenters. The second-order valence-electron chi connectivity index (χ2n) is 3.03. The lowest BCUT2D eigenvalue weighted by Crippen LogP contribution is -1.96. The van der Waals surface area contributed by atoms with Crippen LogP contribution in [0.2, 0.25) is 0 Å². The van der Waals surface area contributed by atoms with Gasteiger partial charge in [0.05, 0.1) is 6.54 Å². The maximum absolute atomic E-state index is 3.23. The van der Waals surface area contributed by atoms with Crippen LogP contribution >= 0.6 is 11.3 Å². The highest BCUT2D eigenvalue weighted by atomic mass is 32.1. The SMILES string of the molecule is C(#Cc1ccccc1)CNc1ccsc1. The summed E-state index contributed by atoms with van der Waals surface area (Å²) in [6.07, 6.45) is 0. The Kier molecular flexibility index (Phi) is 3.43. The van der Waals surface area contributed by atoms with Crippen LogP contribution in [0.5, 0.6) is 0 Å². The van der Waals surface area contributed by atoms with Crippen LogP contribution in [0.3, 0.4) is 0 Å². The molecule has 0 amide bonds. The minimum Gasteiger partial charge on any atom is -0.373 e. The van der Waals surface area contributed by atoms with Crippen molar-refractivity contribution in [2.45, 2.75) is 0 Å². The summed E-state index contributed by atoms with van der Waals surface area (Å²) >= 11 is 1.68. The van der Waals surface area contributed by atoms with Gasteiger partial charge in [-0.15, -0.1) is 0 Å². The van der Waals surface area contributed by atoms with Crippen molar-refractivity contribution in [2.24, 2.45) is 0 Å². The van der Waals surface area contributed by atoms with E-state index in [9.17, 15) is 0 Å². The molecule has 1 aromatic heterocycles. The summed E-state index contributed by atoms with van der Waals surface area (Å²) in [6, 6.07) is 12.1. The average Bonchev–Trinajstić information content (AvgIpc) is 2.79. The minimum atomic E-state index is 0.686. The molecule has 0 bridgehead atoms. The lowest BCUT2D eigenvalue weighted by atomic mass is 10.2. The molecule has 0 aliphatic rings. The van der Waals surface area contributed by atoms with E-state index in [0.717, 1.165) is 11.3 Å². The van der Waals surface area contributed by atoms with Crippen LogP contribution in [-0.2, 0) is 0 Å². The maximum Gasteiger partial charge on any atom is 0.0770 e. The van der Waals surface area contributed by atoms with E-state index in [1.165, 1.54) is 0 Å². The van der Waals surface area contributed by atoms with E-state index in [-0.39, 0.29) is 0 Å². The number of rotatable bonds is 2. The lowest BCUT2D eigenvalue weighted by Gasteiger charge is -1.95. The molecule has 1 heterocycles. The van der Waals surface area contributed by atoms with E-state index in [1.807, 2.05) is 35.7 Å². The first kappa shape index (κ1) is 9.82. The molecule has 0 spiro atoms. The van der Waals surface area contributed by atoms with E-state index in [1.54, 1.807) is 11.3 Å². The van der Waals surface area contributed by atoms with Gasteiger partial charge < -0.3 is 5.32 Å². The van der Waals surface area contributed by atoms with E-state index in [0.29, 0.717) is 6.54 Å². The number of nitrogens with one attached hydrogen (secondary N) is 1. The van der Waals surface area contributed by atoms with E-state index in [2.05, 4.69) is 28.6 Å². The summed E-state index contributed by atoms with van der Waals surface area (Å²) in [5, 5.41) is 7.35. The van der Waals surface area contributed by atoms with Gasteiger partial charge in [-0.3, -0.25) is 0 Å². The molecular formula is C13H11NS. The third-order valence-corrected chi connectivity index (χ3v) is 2.59. The second-order valence-corrected chi connectivity index (χ2v) is 3.81. The molecule has 1 aromatic carbocycles. The first-order valence-corrected chi connectivity index (χ1v) is 5.69. The summed E-state index contributed by atoms with van der Waals surface area (Å²) in [5.74, 6) is 6.18. The van der Waals surface area contributed by atoms with Crippen molar-refractivity contribution in [1.82, 2.24) is 0 Å². The number of benzene rings is 1. The molecule has 15 heavy (non-hydrogen) atoms. The molecule has 0 radical (unpaired) electrons. The average molecular weight is 213 g/mol. The minimum absolute atomic E-state index is 0.686. The highest BCUT2D eigenvalue weighted by molar-refractivity contribution is 7.08. The van der Waals surface area contributed by atoms with Gasteiger partial charge in [-0.2, -0.15) is 11.3 Å². The quantitative estimate of drug-likeness (QED) is 0.755. The summed E-state index contributed by atoms with van der Waals surface area (Å²) in [4.78, 5) is 0. The van der Waals surface area contributed by atoms with Crippen LogP contribution in [-0.4, -0.2) is 6.54 Å². The molecule has 0 saturated heterocycles. The summed E-state index contributed by atoms with van der Waals surface area (Å²) in [5.41, 5.74) is 2.20. The Labute approximate surface area is 93.8 Å². The maximum atomic E-state index is 3.23. The van der Waals surface area contributed by atoms with Crippen molar-refractivity contribution in [3.05, 3.63) is 52.7 Å². The van der Waals surface area contributed by atoms with Crippen molar-refractivity contribution in [3.63, 3.8) is 0 Å². The first-order chi connectivity index (χ1) is 7.45. The van der Waals surface area contributed by atoms with Crippen LogP contribution in [0.15, 0.2) is 47.2 Å². The van der Waals surface area contributed by atoms with Crippen LogP contribution in [0.25, 0.3) is 0 Å². The predicted octanol–water partition coefficient (Wildman–Crippen LogP) is 3.21. The Morgan fingerprint density at radius 1 is 1.13 bits per heavy atom. The summed E-state index contributed by atoms with van der Waals surface area (Å²) in [7, 11) is 0. The van der Waals surface area contributed by atoms with Gasteiger partial charge in [-0.25, -0.2) is 0 Å². The van der Waals surface area contributed by atoms with Gasteiger partial charge in [-0.1, -0.05) is 30.0 Å². The third kappa shape index (κ3) is 3.16. The monoisotopic (exact) mass is 213 g/mol. The molecule has 1 N–H and O–H groups in total. The summed E-state index contributed by atoms with van der Waals surface area (Å²) in [6.45, 7) is 0.686. The topological polar surface area (TPSA) is 12.0 Å². The number of hydrogen-bond acceptors (Lipinski definition) is 2. The van der Waals surface area contributed by atoms with E-state index < -0.39 is 0 Å². The van der Waals surface area contributed by atoms with Crippen LogP contribution in [0.4, 0.5) is 5.69 Å². The van der Waals surface area contributed by atoms with Crippen LogP contribution < -0.4 is 5.32 Å². The molecule has 1 nitrogen and oxygen atoms in total. The van der Waals surface area contributed by atoms with E-state index in [4.69, 9.17) is 0 Å². The highest BCUT2D eigenvalue weighted by Gasteiger charge is 1.86. The molecule has 2 aromatic rings. The molecule has 0 saturated carbocycles. The smallest absolute Gasteiger partial charge is 0.0770 e. The zero-order chi connectivity index (χ0) is 10.3. The highest BCUT2D eigenvalue weighted by Crippen LogP contribution is 2.10. The normalized spacial score (nSPS) is 9.07. The molecule has 2 rings (SSSR count). The van der Waals surface area contributed by atoms with Gasteiger partial charge >= 0.3 is 0 Å². The van der Waals surface area contributed by atoms with Gasteiger partial charge in [-0.05, 0) is 23.6 Å². The molecule has 0 unspecified atom stereocenters. The van der Waals surface area contributed by atoms with Gasteiger partial charge in [0.25, 0.3) is 0 Å². The Hall–Kier alpha value is -1.72. The van der Waals surface area contributed by atoms with Crippen molar-refractivity contribution < 1.29 is 0 Å². The fourth-order valence-electron chi connectivity index (χ4n) is 1.18. The first-order valence-electron chi connectivity index (χ1n) is 4.75. The Morgan fingerprint density at radius 2 is 2.00 bits per heavy atom. The molecule has 0 fully saturated rings. The molecular weight excluding hydrogens is 202 g/mol. The van der Waals surface area contributed by atoms with Crippen molar-refractivity contribution in [2.75, 3.05) is 11.9 Å². The van der Waals surface area contributed by atoms with Crippen LogP contribution in [0, 0.1) is 11.8 Å². The molecule has 74 valence electrons. The predicted molar refractivity (Wildman–Crippen MR) is 66.1 cm³/mol. The Morgan fingerprint density at radius 3 is 2.73 bits per heavy atom.